The minimum Gasteiger partial charge on any atom is -0.478 e. The van der Waals surface area contributed by atoms with Crippen molar-refractivity contribution in [2.24, 2.45) is 5.92 Å². The summed E-state index contributed by atoms with van der Waals surface area (Å²) in [5.41, 5.74) is 1.04. The first-order valence-electron chi connectivity index (χ1n) is 8.27. The van der Waals surface area contributed by atoms with Crippen LogP contribution >= 0.6 is 0 Å². The van der Waals surface area contributed by atoms with Crippen LogP contribution < -0.4 is 0 Å². The second-order valence-corrected chi connectivity index (χ2v) is 6.52. The molecule has 1 saturated heterocycles. The highest BCUT2D eigenvalue weighted by atomic mass is 16.4. The Morgan fingerprint density at radius 2 is 1.91 bits per heavy atom. The maximum absolute atomic E-state index is 12.7. The van der Waals surface area contributed by atoms with Crippen molar-refractivity contribution in [2.45, 2.75) is 51.0 Å². The minimum atomic E-state index is -0.945. The maximum atomic E-state index is 12.7. The SMILES string of the molecule is O=C(O)c1cccc(CC(=O)N2CCC[C@H]3CCCC[C@H]32)c1. The number of likely N-dealkylation sites (tertiary alicyclic amines) is 1. The largest absolute Gasteiger partial charge is 0.478 e. The predicted octanol–water partition coefficient (Wildman–Crippen LogP) is 3.11. The second-order valence-electron chi connectivity index (χ2n) is 6.52. The molecule has 0 unspecified atom stereocenters. The zero-order valence-corrected chi connectivity index (χ0v) is 12.8. The number of piperidine rings is 1. The van der Waals surface area contributed by atoms with E-state index >= 15 is 0 Å². The van der Waals surface area contributed by atoms with Gasteiger partial charge in [-0.15, -0.1) is 0 Å². The topological polar surface area (TPSA) is 57.6 Å². The van der Waals surface area contributed by atoms with E-state index in [9.17, 15) is 9.59 Å². The van der Waals surface area contributed by atoms with Gasteiger partial charge >= 0.3 is 5.97 Å². The molecule has 1 aromatic carbocycles. The van der Waals surface area contributed by atoms with E-state index in [4.69, 9.17) is 5.11 Å². The second kappa shape index (κ2) is 6.51. The third-order valence-corrected chi connectivity index (χ3v) is 5.09. The van der Waals surface area contributed by atoms with Gasteiger partial charge in [0, 0.05) is 12.6 Å². The molecule has 0 aromatic heterocycles. The number of carbonyl (C=O) groups is 2. The average molecular weight is 301 g/mol. The Morgan fingerprint density at radius 3 is 2.73 bits per heavy atom. The molecule has 1 amide bonds. The molecular formula is C18H23NO3. The van der Waals surface area contributed by atoms with Crippen molar-refractivity contribution >= 4 is 11.9 Å². The Morgan fingerprint density at radius 1 is 1.14 bits per heavy atom. The number of aromatic carboxylic acids is 1. The van der Waals surface area contributed by atoms with Crippen LogP contribution in [-0.2, 0) is 11.2 Å². The molecule has 22 heavy (non-hydrogen) atoms. The standard InChI is InChI=1S/C18H23NO3/c20-17(12-13-5-3-7-15(11-13)18(21)22)19-10-4-8-14-6-1-2-9-16(14)19/h3,5,7,11,14,16H,1-2,4,6,8-10,12H2,(H,21,22)/t14-,16-/m1/s1. The Hall–Kier alpha value is -1.84. The van der Waals surface area contributed by atoms with Gasteiger partial charge in [-0.1, -0.05) is 25.0 Å². The van der Waals surface area contributed by atoms with Gasteiger partial charge in [0.15, 0.2) is 0 Å². The maximum Gasteiger partial charge on any atom is 0.335 e. The molecule has 0 bridgehead atoms. The summed E-state index contributed by atoms with van der Waals surface area (Å²) in [6.45, 7) is 0.860. The van der Waals surface area contributed by atoms with Crippen LogP contribution in [0.15, 0.2) is 24.3 Å². The molecule has 4 heteroatoms. The van der Waals surface area contributed by atoms with Crippen LogP contribution in [0.25, 0.3) is 0 Å². The molecule has 2 atom stereocenters. The third-order valence-electron chi connectivity index (χ3n) is 5.09. The lowest BCUT2D eigenvalue weighted by Gasteiger charge is -2.44. The Bertz CT molecular complexity index is 567. The Labute approximate surface area is 131 Å². The van der Waals surface area contributed by atoms with Crippen molar-refractivity contribution in [3.63, 3.8) is 0 Å². The summed E-state index contributed by atoms with van der Waals surface area (Å²) in [5.74, 6) is -0.115. The summed E-state index contributed by atoms with van der Waals surface area (Å²) >= 11 is 0. The number of amides is 1. The van der Waals surface area contributed by atoms with Gasteiger partial charge in [0.1, 0.15) is 0 Å². The van der Waals surface area contributed by atoms with Crippen LogP contribution in [0.3, 0.4) is 0 Å². The molecule has 2 fully saturated rings. The van der Waals surface area contributed by atoms with Crippen LogP contribution in [0.5, 0.6) is 0 Å². The van der Waals surface area contributed by atoms with Gasteiger partial charge < -0.3 is 10.0 Å². The number of carboxylic acid groups (broad SMARTS) is 1. The molecule has 0 spiro atoms. The number of hydrogen-bond donors (Lipinski definition) is 1. The van der Waals surface area contributed by atoms with Crippen molar-refractivity contribution < 1.29 is 14.7 Å². The van der Waals surface area contributed by atoms with Gasteiger partial charge in [0.25, 0.3) is 0 Å². The van der Waals surface area contributed by atoms with E-state index in [1.807, 2.05) is 6.07 Å². The summed E-state index contributed by atoms with van der Waals surface area (Å²) in [6, 6.07) is 7.15. The van der Waals surface area contributed by atoms with Gasteiger partial charge in [-0.3, -0.25) is 4.79 Å². The molecule has 0 radical (unpaired) electrons. The van der Waals surface area contributed by atoms with E-state index in [1.165, 1.54) is 25.7 Å². The molecule has 1 aromatic rings. The first-order chi connectivity index (χ1) is 10.6. The van der Waals surface area contributed by atoms with Gasteiger partial charge in [0.05, 0.1) is 12.0 Å². The number of carbonyl (C=O) groups excluding carboxylic acids is 1. The fraction of sp³-hybridized carbons (Fsp3) is 0.556. The Balaban J connectivity index is 1.70. The summed E-state index contributed by atoms with van der Waals surface area (Å²) in [7, 11) is 0. The molecule has 1 heterocycles. The molecule has 1 aliphatic heterocycles. The lowest BCUT2D eigenvalue weighted by Crippen LogP contribution is -2.50. The number of carboxylic acids is 1. The van der Waals surface area contributed by atoms with E-state index < -0.39 is 5.97 Å². The fourth-order valence-electron chi connectivity index (χ4n) is 4.02. The third kappa shape index (κ3) is 3.16. The van der Waals surface area contributed by atoms with E-state index in [0.29, 0.717) is 18.4 Å². The van der Waals surface area contributed by atoms with Gasteiger partial charge in [0.2, 0.25) is 5.91 Å². The summed E-state index contributed by atoms with van der Waals surface area (Å²) in [4.78, 5) is 25.8. The zero-order valence-electron chi connectivity index (χ0n) is 12.8. The highest BCUT2D eigenvalue weighted by molar-refractivity contribution is 5.88. The quantitative estimate of drug-likeness (QED) is 0.933. The normalized spacial score (nSPS) is 24.6. The zero-order chi connectivity index (χ0) is 15.5. The van der Waals surface area contributed by atoms with Crippen molar-refractivity contribution in [3.05, 3.63) is 35.4 Å². The van der Waals surface area contributed by atoms with Crippen molar-refractivity contribution in [3.8, 4) is 0 Å². The summed E-state index contributed by atoms with van der Waals surface area (Å²) < 4.78 is 0. The van der Waals surface area contributed by atoms with Crippen LogP contribution in [0.1, 0.15) is 54.4 Å². The lowest BCUT2D eigenvalue weighted by atomic mass is 9.78. The molecule has 2 aliphatic rings. The number of nitrogens with zero attached hydrogens (tertiary/aromatic N) is 1. The van der Waals surface area contributed by atoms with E-state index in [-0.39, 0.29) is 11.5 Å². The van der Waals surface area contributed by atoms with Crippen molar-refractivity contribution in [1.82, 2.24) is 4.90 Å². The fourth-order valence-corrected chi connectivity index (χ4v) is 4.02. The number of fused-ring (bicyclic) bond motifs is 1. The van der Waals surface area contributed by atoms with E-state index in [1.54, 1.807) is 18.2 Å². The first kappa shape index (κ1) is 15.1. The Kier molecular flexibility index (Phi) is 4.46. The van der Waals surface area contributed by atoms with Crippen molar-refractivity contribution in [1.29, 1.82) is 0 Å². The lowest BCUT2D eigenvalue weighted by molar-refractivity contribution is -0.136. The minimum absolute atomic E-state index is 0.152. The van der Waals surface area contributed by atoms with Gasteiger partial charge in [-0.05, 0) is 49.3 Å². The molecular weight excluding hydrogens is 278 g/mol. The number of benzene rings is 1. The van der Waals surface area contributed by atoms with Crippen molar-refractivity contribution in [2.75, 3.05) is 6.54 Å². The van der Waals surface area contributed by atoms with Crippen LogP contribution in [0.4, 0.5) is 0 Å². The monoisotopic (exact) mass is 301 g/mol. The number of rotatable bonds is 3. The highest BCUT2D eigenvalue weighted by Gasteiger charge is 2.35. The van der Waals surface area contributed by atoms with E-state index in [2.05, 4.69) is 4.90 Å². The highest BCUT2D eigenvalue weighted by Crippen LogP contribution is 2.35. The summed E-state index contributed by atoms with van der Waals surface area (Å²) in [6.07, 6.45) is 7.56. The molecule has 4 nitrogen and oxygen atoms in total. The number of hydrogen-bond acceptors (Lipinski definition) is 2. The summed E-state index contributed by atoms with van der Waals surface area (Å²) in [5, 5.41) is 9.05. The van der Waals surface area contributed by atoms with Crippen LogP contribution in [-0.4, -0.2) is 34.5 Å². The molecule has 118 valence electrons. The van der Waals surface area contributed by atoms with E-state index in [0.717, 1.165) is 24.9 Å². The van der Waals surface area contributed by atoms with Crippen LogP contribution in [0.2, 0.25) is 0 Å². The average Bonchev–Trinajstić information content (AvgIpc) is 2.54. The van der Waals surface area contributed by atoms with Gasteiger partial charge in [-0.2, -0.15) is 0 Å². The van der Waals surface area contributed by atoms with Gasteiger partial charge in [-0.25, -0.2) is 4.79 Å². The molecule has 1 N–H and O–H groups in total. The van der Waals surface area contributed by atoms with Crippen LogP contribution in [0, 0.1) is 5.92 Å². The first-order valence-corrected chi connectivity index (χ1v) is 8.27. The molecule has 3 rings (SSSR count). The smallest absolute Gasteiger partial charge is 0.335 e. The molecule has 1 saturated carbocycles. The molecule has 1 aliphatic carbocycles. The predicted molar refractivity (Wildman–Crippen MR) is 83.8 cm³/mol.